The van der Waals surface area contributed by atoms with Crippen molar-refractivity contribution in [2.24, 2.45) is 0 Å². The number of methoxy groups -OCH3 is 1. The van der Waals surface area contributed by atoms with Crippen LogP contribution in [0.25, 0.3) is 22.2 Å². The van der Waals surface area contributed by atoms with Crippen LogP contribution >= 0.6 is 0 Å². The van der Waals surface area contributed by atoms with Gasteiger partial charge in [0.05, 0.1) is 30.4 Å². The van der Waals surface area contributed by atoms with Crippen LogP contribution in [0.1, 0.15) is 57.4 Å². The topological polar surface area (TPSA) is 77.2 Å². The average molecular weight is 396 g/mol. The van der Waals surface area contributed by atoms with E-state index in [1.54, 1.807) is 13.3 Å². The normalized spacial score (nSPS) is 12.2. The van der Waals surface area contributed by atoms with Gasteiger partial charge in [-0.05, 0) is 32.0 Å². The second-order valence-corrected chi connectivity index (χ2v) is 7.13. The lowest BCUT2D eigenvalue weighted by atomic mass is 10.1. The lowest BCUT2D eigenvalue weighted by Crippen LogP contribution is -2.16. The van der Waals surface area contributed by atoms with Gasteiger partial charge >= 0.3 is 0 Å². The van der Waals surface area contributed by atoms with Crippen molar-refractivity contribution in [1.82, 2.24) is 15.3 Å². The number of carbonyl (C=O) groups is 1. The van der Waals surface area contributed by atoms with Gasteiger partial charge in [-0.25, -0.2) is 9.97 Å². The Hall–Kier alpha value is -2.73. The number of unbranched alkanes of at least 4 members (excludes halogenated alkanes) is 2. The van der Waals surface area contributed by atoms with Crippen LogP contribution < -0.4 is 10.1 Å². The Bertz CT molecular complexity index is 951. The molecule has 6 heteroatoms. The molecule has 0 bridgehead atoms. The standard InChI is InChI=1S/C23H29N3O3/c1-4-17(27)11-6-5-7-13-20(24-2)23-25-15-21(29-23)18-14-16-10-8-9-12-19(16)26-22(18)28-3/h8-10,12,14-15,20,24H,4-7,11,13H2,1-3H3. The van der Waals surface area contributed by atoms with Crippen LogP contribution in [0.2, 0.25) is 0 Å². The molecule has 0 aliphatic heterocycles. The van der Waals surface area contributed by atoms with E-state index in [9.17, 15) is 4.79 Å². The second kappa shape index (κ2) is 10.2. The molecule has 0 fully saturated rings. The number of ketones is 1. The molecule has 0 radical (unpaired) electrons. The minimum Gasteiger partial charge on any atom is -0.480 e. The number of carbonyl (C=O) groups excluding carboxylic acids is 1. The van der Waals surface area contributed by atoms with Crippen molar-refractivity contribution in [2.45, 2.75) is 51.5 Å². The van der Waals surface area contributed by atoms with Crippen molar-refractivity contribution in [1.29, 1.82) is 0 Å². The number of benzene rings is 1. The number of oxazole rings is 1. The minimum atomic E-state index is 0.0324. The van der Waals surface area contributed by atoms with Gasteiger partial charge in [-0.1, -0.05) is 38.0 Å². The van der Waals surface area contributed by atoms with Gasteiger partial charge in [0.1, 0.15) is 5.78 Å². The van der Waals surface area contributed by atoms with E-state index in [0.29, 0.717) is 36.2 Å². The molecule has 2 heterocycles. The van der Waals surface area contributed by atoms with Crippen LogP contribution in [0, 0.1) is 0 Å². The number of pyridine rings is 1. The van der Waals surface area contributed by atoms with Gasteiger partial charge < -0.3 is 14.5 Å². The highest BCUT2D eigenvalue weighted by molar-refractivity contribution is 5.85. The Morgan fingerprint density at radius 2 is 2.07 bits per heavy atom. The largest absolute Gasteiger partial charge is 0.480 e. The number of para-hydroxylation sites is 1. The summed E-state index contributed by atoms with van der Waals surface area (Å²) in [6.45, 7) is 1.92. The number of Topliss-reactive ketones (excluding diaryl/α,β-unsaturated/α-hetero) is 1. The summed E-state index contributed by atoms with van der Waals surface area (Å²) < 4.78 is 11.6. The third-order valence-corrected chi connectivity index (χ3v) is 5.16. The van der Waals surface area contributed by atoms with Crippen LogP contribution in [0.15, 0.2) is 40.9 Å². The van der Waals surface area contributed by atoms with E-state index in [-0.39, 0.29) is 6.04 Å². The number of hydrogen-bond donors (Lipinski definition) is 1. The fourth-order valence-electron chi connectivity index (χ4n) is 3.42. The Kier molecular flexibility index (Phi) is 7.36. The first-order valence-corrected chi connectivity index (χ1v) is 10.2. The van der Waals surface area contributed by atoms with Gasteiger partial charge in [0.25, 0.3) is 0 Å². The molecule has 1 aromatic carbocycles. The maximum atomic E-state index is 11.4. The molecule has 0 saturated heterocycles. The van der Waals surface area contributed by atoms with E-state index in [2.05, 4.69) is 15.3 Å². The quantitative estimate of drug-likeness (QED) is 0.456. The Labute approximate surface area is 171 Å². The van der Waals surface area contributed by atoms with Gasteiger partial charge in [0, 0.05) is 18.2 Å². The molecule has 3 aromatic rings. The average Bonchev–Trinajstić information content (AvgIpc) is 3.24. The van der Waals surface area contributed by atoms with Crippen LogP contribution in [0.3, 0.4) is 0 Å². The lowest BCUT2D eigenvalue weighted by molar-refractivity contribution is -0.118. The Morgan fingerprint density at radius 3 is 2.83 bits per heavy atom. The molecule has 0 saturated carbocycles. The highest BCUT2D eigenvalue weighted by Crippen LogP contribution is 2.33. The smallest absolute Gasteiger partial charge is 0.224 e. The molecular formula is C23H29N3O3. The summed E-state index contributed by atoms with van der Waals surface area (Å²) in [5.41, 5.74) is 1.67. The summed E-state index contributed by atoms with van der Waals surface area (Å²) >= 11 is 0. The molecule has 0 aliphatic rings. The predicted molar refractivity (Wildman–Crippen MR) is 114 cm³/mol. The third kappa shape index (κ3) is 5.21. The van der Waals surface area contributed by atoms with Gasteiger partial charge in [-0.2, -0.15) is 0 Å². The van der Waals surface area contributed by atoms with Crippen molar-refractivity contribution >= 4 is 16.7 Å². The third-order valence-electron chi connectivity index (χ3n) is 5.16. The van der Waals surface area contributed by atoms with Crippen molar-refractivity contribution < 1.29 is 13.9 Å². The summed E-state index contributed by atoms with van der Waals surface area (Å²) in [6, 6.07) is 9.96. The molecule has 1 unspecified atom stereocenters. The highest BCUT2D eigenvalue weighted by Gasteiger charge is 2.19. The summed E-state index contributed by atoms with van der Waals surface area (Å²) in [5, 5.41) is 4.30. The van der Waals surface area contributed by atoms with E-state index < -0.39 is 0 Å². The number of ether oxygens (including phenoxy) is 1. The van der Waals surface area contributed by atoms with E-state index in [1.165, 1.54) is 0 Å². The summed E-state index contributed by atoms with van der Waals surface area (Å²) in [7, 11) is 3.52. The van der Waals surface area contributed by atoms with Crippen LogP contribution in [0.4, 0.5) is 0 Å². The molecule has 0 aliphatic carbocycles. The molecule has 3 rings (SSSR count). The van der Waals surface area contributed by atoms with Gasteiger partial charge in [-0.15, -0.1) is 0 Å². The minimum absolute atomic E-state index is 0.0324. The fourth-order valence-corrected chi connectivity index (χ4v) is 3.42. The number of nitrogens with zero attached hydrogens (tertiary/aromatic N) is 2. The van der Waals surface area contributed by atoms with Gasteiger partial charge in [0.15, 0.2) is 5.76 Å². The van der Waals surface area contributed by atoms with Crippen LogP contribution in [0.5, 0.6) is 5.88 Å². The van der Waals surface area contributed by atoms with Crippen molar-refractivity contribution in [3.63, 3.8) is 0 Å². The number of nitrogens with one attached hydrogen (secondary N) is 1. The molecule has 6 nitrogen and oxygen atoms in total. The van der Waals surface area contributed by atoms with E-state index in [0.717, 1.165) is 42.1 Å². The molecule has 0 spiro atoms. The zero-order valence-electron chi connectivity index (χ0n) is 17.4. The monoisotopic (exact) mass is 395 g/mol. The number of hydrogen-bond acceptors (Lipinski definition) is 6. The van der Waals surface area contributed by atoms with E-state index in [4.69, 9.17) is 9.15 Å². The van der Waals surface area contributed by atoms with Crippen molar-refractivity contribution in [3.8, 4) is 17.2 Å². The van der Waals surface area contributed by atoms with Crippen molar-refractivity contribution in [3.05, 3.63) is 42.4 Å². The molecule has 0 amide bonds. The number of aromatic nitrogens is 2. The SMILES string of the molecule is CCC(=O)CCCCCC(NC)c1ncc(-c2cc3ccccc3nc2OC)o1. The first-order chi connectivity index (χ1) is 14.2. The van der Waals surface area contributed by atoms with Crippen LogP contribution in [-0.4, -0.2) is 29.9 Å². The predicted octanol–water partition coefficient (Wildman–Crippen LogP) is 5.09. The van der Waals surface area contributed by atoms with Crippen LogP contribution in [-0.2, 0) is 4.79 Å². The number of rotatable bonds is 11. The first-order valence-electron chi connectivity index (χ1n) is 10.2. The molecular weight excluding hydrogens is 366 g/mol. The maximum Gasteiger partial charge on any atom is 0.224 e. The zero-order valence-corrected chi connectivity index (χ0v) is 17.4. The van der Waals surface area contributed by atoms with Gasteiger partial charge in [-0.3, -0.25) is 4.79 Å². The fraction of sp³-hybridized carbons (Fsp3) is 0.435. The molecule has 2 aromatic heterocycles. The first kappa shape index (κ1) is 21.0. The van der Waals surface area contributed by atoms with E-state index >= 15 is 0 Å². The summed E-state index contributed by atoms with van der Waals surface area (Å²) in [6.07, 6.45) is 6.93. The molecule has 29 heavy (non-hydrogen) atoms. The van der Waals surface area contributed by atoms with E-state index in [1.807, 2.05) is 44.3 Å². The lowest BCUT2D eigenvalue weighted by Gasteiger charge is -2.12. The molecule has 1 N–H and O–H groups in total. The molecule has 1 atom stereocenters. The second-order valence-electron chi connectivity index (χ2n) is 7.13. The highest BCUT2D eigenvalue weighted by atomic mass is 16.5. The van der Waals surface area contributed by atoms with Gasteiger partial charge in [0.2, 0.25) is 11.8 Å². The Balaban J connectivity index is 1.70. The maximum absolute atomic E-state index is 11.4. The zero-order chi connectivity index (χ0) is 20.6. The Morgan fingerprint density at radius 1 is 1.24 bits per heavy atom. The molecule has 154 valence electrons. The van der Waals surface area contributed by atoms with Crippen molar-refractivity contribution in [2.75, 3.05) is 14.2 Å². The summed E-state index contributed by atoms with van der Waals surface area (Å²) in [5.74, 6) is 2.16. The number of fused-ring (bicyclic) bond motifs is 1. The summed E-state index contributed by atoms with van der Waals surface area (Å²) in [4.78, 5) is 20.5.